The van der Waals surface area contributed by atoms with E-state index in [9.17, 15) is 9.18 Å². The summed E-state index contributed by atoms with van der Waals surface area (Å²) in [6, 6.07) is 17.9. The van der Waals surface area contributed by atoms with E-state index in [1.165, 1.54) is 23.9 Å². The van der Waals surface area contributed by atoms with E-state index < -0.39 is 0 Å². The van der Waals surface area contributed by atoms with Crippen LogP contribution in [0.15, 0.2) is 71.1 Å². The Balaban J connectivity index is 1.52. The van der Waals surface area contributed by atoms with Gasteiger partial charge in [-0.15, -0.1) is 21.5 Å². The van der Waals surface area contributed by atoms with Crippen molar-refractivity contribution in [1.82, 2.24) is 15.5 Å². The van der Waals surface area contributed by atoms with Crippen LogP contribution in [0.2, 0.25) is 0 Å². The van der Waals surface area contributed by atoms with E-state index >= 15 is 0 Å². The Morgan fingerprint density at radius 3 is 2.54 bits per heavy atom. The highest BCUT2D eigenvalue weighted by Gasteiger charge is 2.13. The van der Waals surface area contributed by atoms with Gasteiger partial charge in [-0.2, -0.15) is 0 Å². The number of amides is 1. The number of hydrogen-bond donors (Lipinski definition) is 1. The normalized spacial score (nSPS) is 10.9. The van der Waals surface area contributed by atoms with Crippen LogP contribution in [-0.4, -0.2) is 21.9 Å². The summed E-state index contributed by atoms with van der Waals surface area (Å²) in [5.74, 6) is -0.0754. The lowest BCUT2D eigenvalue weighted by Crippen LogP contribution is -2.24. The van der Waals surface area contributed by atoms with Gasteiger partial charge in [0.05, 0.1) is 12.3 Å². The summed E-state index contributed by atoms with van der Waals surface area (Å²) in [5.41, 5.74) is 1.50. The summed E-state index contributed by atoms with van der Waals surface area (Å²) in [5, 5.41) is 16.1. The van der Waals surface area contributed by atoms with Crippen LogP contribution in [0, 0.1) is 5.82 Å². The summed E-state index contributed by atoms with van der Waals surface area (Å²) in [6.07, 6.45) is 0. The Labute approximate surface area is 169 Å². The van der Waals surface area contributed by atoms with Gasteiger partial charge in [0.25, 0.3) is 0 Å². The van der Waals surface area contributed by atoms with Crippen LogP contribution in [-0.2, 0) is 11.3 Å². The minimum absolute atomic E-state index is 0.0492. The van der Waals surface area contributed by atoms with Crippen molar-refractivity contribution in [2.45, 2.75) is 11.6 Å². The van der Waals surface area contributed by atoms with Crippen molar-refractivity contribution in [3.8, 4) is 11.3 Å². The maximum Gasteiger partial charge on any atom is 0.230 e. The molecule has 0 saturated carbocycles. The van der Waals surface area contributed by atoms with E-state index in [-0.39, 0.29) is 17.5 Å². The molecule has 2 aromatic carbocycles. The van der Waals surface area contributed by atoms with Gasteiger partial charge in [-0.1, -0.05) is 42.1 Å². The number of fused-ring (bicyclic) bond motifs is 1. The molecule has 140 valence electrons. The van der Waals surface area contributed by atoms with Crippen molar-refractivity contribution in [2.75, 3.05) is 5.75 Å². The molecule has 2 heterocycles. The first-order valence-electron chi connectivity index (χ1n) is 8.64. The number of nitrogens with zero attached hydrogens (tertiary/aromatic N) is 2. The fraction of sp³-hybridized carbons (Fsp3) is 0.0952. The van der Waals surface area contributed by atoms with E-state index in [2.05, 4.69) is 15.5 Å². The monoisotopic (exact) mass is 409 g/mol. The van der Waals surface area contributed by atoms with Crippen LogP contribution in [0.3, 0.4) is 0 Å². The Bertz CT molecular complexity index is 1100. The van der Waals surface area contributed by atoms with E-state index in [0.717, 1.165) is 21.2 Å². The third-order valence-corrected chi connectivity index (χ3v) is 6.01. The molecular weight excluding hydrogens is 393 g/mol. The molecule has 0 aliphatic carbocycles. The second-order valence-corrected chi connectivity index (χ2v) is 8.05. The molecule has 4 rings (SSSR count). The van der Waals surface area contributed by atoms with Crippen LogP contribution in [0.25, 0.3) is 22.0 Å². The second-order valence-electron chi connectivity index (χ2n) is 6.05. The molecule has 1 amide bonds. The summed E-state index contributed by atoms with van der Waals surface area (Å²) in [7, 11) is 0. The average molecular weight is 410 g/mol. The Morgan fingerprint density at radius 1 is 1.00 bits per heavy atom. The van der Waals surface area contributed by atoms with Crippen molar-refractivity contribution in [3.05, 3.63) is 76.7 Å². The lowest BCUT2D eigenvalue weighted by Gasteiger charge is -2.09. The highest BCUT2D eigenvalue weighted by atomic mass is 32.2. The van der Waals surface area contributed by atoms with Crippen LogP contribution in [0.5, 0.6) is 0 Å². The van der Waals surface area contributed by atoms with Crippen molar-refractivity contribution in [1.29, 1.82) is 0 Å². The highest BCUT2D eigenvalue weighted by molar-refractivity contribution is 8.00. The first kappa shape index (κ1) is 18.6. The number of halogens is 1. The summed E-state index contributed by atoms with van der Waals surface area (Å²) < 4.78 is 13.2. The minimum Gasteiger partial charge on any atom is -0.350 e. The van der Waals surface area contributed by atoms with Gasteiger partial charge < -0.3 is 5.32 Å². The van der Waals surface area contributed by atoms with Crippen LogP contribution in [0.4, 0.5) is 4.39 Å². The molecule has 0 saturated heterocycles. The average Bonchev–Trinajstić information content (AvgIpc) is 3.25. The van der Waals surface area contributed by atoms with E-state index in [4.69, 9.17) is 0 Å². The van der Waals surface area contributed by atoms with Crippen molar-refractivity contribution in [2.24, 2.45) is 0 Å². The molecule has 7 heteroatoms. The van der Waals surface area contributed by atoms with Gasteiger partial charge >= 0.3 is 0 Å². The predicted octanol–water partition coefficient (Wildman–Crippen LogP) is 4.91. The summed E-state index contributed by atoms with van der Waals surface area (Å²) in [4.78, 5) is 13.3. The standard InChI is InChI=1S/C21H16FN3OS2/c22-15-9-7-14(8-10-15)20-17-5-1-2-6-18(17)21(25-24-20)28-13-19(26)23-12-16-4-3-11-27-16/h1-11H,12-13H2,(H,23,26). The molecule has 0 unspecified atom stereocenters. The molecule has 0 aliphatic rings. The molecule has 0 bridgehead atoms. The number of benzene rings is 2. The number of hydrogen-bond acceptors (Lipinski definition) is 5. The van der Waals surface area contributed by atoms with Crippen LogP contribution < -0.4 is 5.32 Å². The third-order valence-electron chi connectivity index (χ3n) is 4.15. The number of nitrogens with one attached hydrogen (secondary N) is 1. The SMILES string of the molecule is O=C(CSc1nnc(-c2ccc(F)cc2)c2ccccc12)NCc1cccs1. The van der Waals surface area contributed by atoms with Gasteiger partial charge in [0.1, 0.15) is 16.5 Å². The van der Waals surface area contributed by atoms with Gasteiger partial charge in [0.15, 0.2) is 0 Å². The molecule has 0 fully saturated rings. The van der Waals surface area contributed by atoms with Crippen molar-refractivity contribution >= 4 is 39.8 Å². The smallest absolute Gasteiger partial charge is 0.230 e. The lowest BCUT2D eigenvalue weighted by molar-refractivity contribution is -0.118. The zero-order chi connectivity index (χ0) is 19.3. The van der Waals surface area contributed by atoms with Gasteiger partial charge in [-0.25, -0.2) is 4.39 Å². The first-order chi connectivity index (χ1) is 13.7. The molecule has 1 N–H and O–H groups in total. The fourth-order valence-electron chi connectivity index (χ4n) is 2.79. The largest absolute Gasteiger partial charge is 0.350 e. The van der Waals surface area contributed by atoms with Crippen LogP contribution >= 0.6 is 23.1 Å². The predicted molar refractivity (Wildman–Crippen MR) is 112 cm³/mol. The zero-order valence-corrected chi connectivity index (χ0v) is 16.4. The van der Waals surface area contributed by atoms with Gasteiger partial charge in [0, 0.05) is 21.2 Å². The molecular formula is C21H16FN3OS2. The Kier molecular flexibility index (Phi) is 5.64. The quantitative estimate of drug-likeness (QED) is 0.460. The van der Waals surface area contributed by atoms with Crippen molar-refractivity contribution in [3.63, 3.8) is 0 Å². The van der Waals surface area contributed by atoms with E-state index in [1.54, 1.807) is 23.5 Å². The maximum atomic E-state index is 13.2. The molecule has 0 aliphatic heterocycles. The zero-order valence-electron chi connectivity index (χ0n) is 14.8. The van der Waals surface area contributed by atoms with Crippen molar-refractivity contribution < 1.29 is 9.18 Å². The van der Waals surface area contributed by atoms with Crippen LogP contribution in [0.1, 0.15) is 4.88 Å². The summed E-state index contributed by atoms with van der Waals surface area (Å²) >= 11 is 2.97. The minimum atomic E-state index is -0.290. The second kappa shape index (κ2) is 8.50. The molecule has 4 aromatic rings. The number of aromatic nitrogens is 2. The molecule has 2 aromatic heterocycles. The number of carbonyl (C=O) groups is 1. The number of thiophene rings is 1. The summed E-state index contributed by atoms with van der Waals surface area (Å²) in [6.45, 7) is 0.535. The molecule has 0 atom stereocenters. The lowest BCUT2D eigenvalue weighted by atomic mass is 10.1. The molecule has 0 radical (unpaired) electrons. The number of thioether (sulfide) groups is 1. The molecule has 28 heavy (non-hydrogen) atoms. The topological polar surface area (TPSA) is 54.9 Å². The Hall–Kier alpha value is -2.77. The first-order valence-corrected chi connectivity index (χ1v) is 10.5. The molecule has 0 spiro atoms. The Morgan fingerprint density at radius 2 is 1.79 bits per heavy atom. The van der Waals surface area contributed by atoms with Gasteiger partial charge in [-0.05, 0) is 35.7 Å². The number of rotatable bonds is 6. The van der Waals surface area contributed by atoms with E-state index in [1.807, 2.05) is 41.8 Å². The third kappa shape index (κ3) is 4.21. The maximum absolute atomic E-state index is 13.2. The fourth-order valence-corrected chi connectivity index (χ4v) is 4.24. The molecule has 4 nitrogen and oxygen atoms in total. The number of carbonyl (C=O) groups excluding carboxylic acids is 1. The van der Waals surface area contributed by atoms with Gasteiger partial charge in [-0.3, -0.25) is 4.79 Å². The van der Waals surface area contributed by atoms with Gasteiger partial charge in [0.2, 0.25) is 5.91 Å². The highest BCUT2D eigenvalue weighted by Crippen LogP contribution is 2.31. The van der Waals surface area contributed by atoms with E-state index in [0.29, 0.717) is 17.3 Å².